The fourth-order valence-electron chi connectivity index (χ4n) is 18.0. The normalized spacial score (nSPS) is 23.0. The molecule has 4 rings (SSSR count). The minimum Gasteiger partial charge on any atom is -0.428 e. The van der Waals surface area contributed by atoms with Gasteiger partial charge in [0.2, 0.25) is 19.5 Å². The lowest BCUT2D eigenvalue weighted by Gasteiger charge is -2.40. The lowest BCUT2D eigenvalue weighted by molar-refractivity contribution is -0.303. The van der Waals surface area contributed by atoms with Gasteiger partial charge in [-0.2, -0.15) is 0 Å². The van der Waals surface area contributed by atoms with Gasteiger partial charge in [0.25, 0.3) is 0 Å². The van der Waals surface area contributed by atoms with E-state index in [4.69, 9.17) is 71.2 Å². The summed E-state index contributed by atoms with van der Waals surface area (Å²) in [4.78, 5) is 79.6. The minimum atomic E-state index is -1.65. The van der Waals surface area contributed by atoms with Crippen molar-refractivity contribution >= 4 is 41.7 Å². The van der Waals surface area contributed by atoms with E-state index >= 15 is 0 Å². The van der Waals surface area contributed by atoms with Crippen LogP contribution in [-0.2, 0) is 91.0 Å². The van der Waals surface area contributed by atoms with Gasteiger partial charge < -0.3 is 164 Å². The van der Waals surface area contributed by atoms with E-state index in [1.807, 2.05) is 54.5 Å². The Morgan fingerprint density at radius 3 is 1.05 bits per heavy atom. The molecule has 3 fully saturated rings. The number of carbonyl (C=O) groups excluding carboxylic acids is 6. The quantitative estimate of drug-likeness (QED) is 0.00719. The SMILES string of the molecule is CCCCCCCCCCCCCC[C@@H](C)[C@@H](O)[C@H](CO[C@H]1OC(CO)[C@H](O)[C@H](O)C1O)NC(=O)CC(C)(C)c1c(C)cc(C)cc1OC(C)=O.CCCCCCCCCCCCCC[C@@H](C)[C@@H](O)[C@H](CO[C@H]1OC(CO)[C@H](O)[C@H](O)C1O)NC(=O)OCOC(=O)CC/C(C)=N/OCCOC.CCCCCCCCCCCCCC[C@@H](C)[C@@H](O)[C@H](CO[C@H]1OC(CO)[C@H](O)[C@H](O)C1O)NC(=O)OCOC(=O)COCCOC. The molecule has 3 saturated heterocycles. The van der Waals surface area contributed by atoms with Gasteiger partial charge in [0.15, 0.2) is 18.9 Å². The number of amides is 3. The van der Waals surface area contributed by atoms with Crippen molar-refractivity contribution in [3.8, 4) is 5.75 Å². The summed E-state index contributed by atoms with van der Waals surface area (Å²) in [6.07, 6.45) is 18.7. The van der Waals surface area contributed by atoms with E-state index in [2.05, 4.69) is 41.9 Å². The Hall–Kier alpha value is -5.85. The molecule has 147 heavy (non-hydrogen) atoms. The number of hydrogen-bond acceptors (Lipinski definition) is 37. The highest BCUT2D eigenvalue weighted by molar-refractivity contribution is 5.85. The molecule has 40 nitrogen and oxygen atoms in total. The number of esters is 3. The van der Waals surface area contributed by atoms with Crippen LogP contribution < -0.4 is 20.7 Å². The number of unbranched alkanes of at least 4 members (excludes halogenated alkanes) is 33. The molecule has 0 saturated carbocycles. The summed E-state index contributed by atoms with van der Waals surface area (Å²) in [5.41, 5.74) is 2.34. The van der Waals surface area contributed by atoms with Gasteiger partial charge in [-0.1, -0.05) is 298 Å². The molecule has 1 aromatic carbocycles. The Morgan fingerprint density at radius 1 is 0.408 bits per heavy atom. The Balaban J connectivity index is 0.000000746. The average molecular weight is 2110 g/mol. The third-order valence-corrected chi connectivity index (χ3v) is 27.1. The number of methoxy groups -OCH3 is 2. The molecule has 6 unspecified atom stereocenters. The second-order valence-electron chi connectivity index (χ2n) is 40.6. The summed E-state index contributed by atoms with van der Waals surface area (Å²) >= 11 is 0. The Bertz CT molecular complexity index is 3560. The molecule has 40 heteroatoms. The Kier molecular flexibility index (Phi) is 77.2. The zero-order valence-electron chi connectivity index (χ0n) is 91.1. The highest BCUT2D eigenvalue weighted by Crippen LogP contribution is 2.39. The number of rotatable bonds is 80. The second-order valence-corrected chi connectivity index (χ2v) is 40.6. The first-order valence-corrected chi connectivity index (χ1v) is 54.6. The van der Waals surface area contributed by atoms with E-state index in [-0.39, 0.29) is 82.6 Å². The molecule has 0 aliphatic carbocycles. The summed E-state index contributed by atoms with van der Waals surface area (Å²) < 4.78 is 73.4. The number of aryl methyl sites for hydroxylation is 2. The van der Waals surface area contributed by atoms with E-state index < -0.39 is 197 Å². The first-order chi connectivity index (χ1) is 70.3. The van der Waals surface area contributed by atoms with Crippen molar-refractivity contribution in [1.29, 1.82) is 0 Å². The van der Waals surface area contributed by atoms with Crippen LogP contribution in [0.5, 0.6) is 5.75 Å². The van der Waals surface area contributed by atoms with E-state index in [1.54, 1.807) is 20.1 Å². The van der Waals surface area contributed by atoms with Gasteiger partial charge in [-0.15, -0.1) is 0 Å². The minimum absolute atomic E-state index is 0.00154. The van der Waals surface area contributed by atoms with Gasteiger partial charge in [-0.25, -0.2) is 14.4 Å². The summed E-state index contributed by atoms with van der Waals surface area (Å²) in [5.74, 6) is -2.51. The molecule has 0 bridgehead atoms. The van der Waals surface area contributed by atoms with Crippen LogP contribution in [0.2, 0.25) is 0 Å². The molecular weight excluding hydrogens is 1920 g/mol. The Morgan fingerprint density at radius 2 is 0.728 bits per heavy atom. The molecular formula is C107H196N4O36. The predicted octanol–water partition coefficient (Wildman–Crippen LogP) is 10.7. The third-order valence-electron chi connectivity index (χ3n) is 27.1. The highest BCUT2D eigenvalue weighted by atomic mass is 16.7. The van der Waals surface area contributed by atoms with Gasteiger partial charge >= 0.3 is 30.1 Å². The van der Waals surface area contributed by atoms with Crippen LogP contribution >= 0.6 is 0 Å². The smallest absolute Gasteiger partial charge is 0.410 e. The van der Waals surface area contributed by atoms with Crippen LogP contribution in [0.25, 0.3) is 0 Å². The molecule has 0 radical (unpaired) electrons. The number of benzene rings is 1. The summed E-state index contributed by atoms with van der Waals surface area (Å²) in [6, 6.07) is 0.761. The van der Waals surface area contributed by atoms with Gasteiger partial charge in [0.1, 0.15) is 92.2 Å². The number of alkyl carbamates (subject to hydrolysis) is 2. The fourth-order valence-corrected chi connectivity index (χ4v) is 18.0. The predicted molar refractivity (Wildman–Crippen MR) is 550 cm³/mol. The van der Waals surface area contributed by atoms with Crippen LogP contribution in [0, 0.1) is 31.6 Å². The van der Waals surface area contributed by atoms with Crippen molar-refractivity contribution in [2.75, 3.05) is 100 Å². The van der Waals surface area contributed by atoms with E-state index in [9.17, 15) is 105 Å². The summed E-state index contributed by atoms with van der Waals surface area (Å²) in [5, 5.41) is 166. The van der Waals surface area contributed by atoms with Crippen molar-refractivity contribution in [2.24, 2.45) is 22.9 Å². The monoisotopic (exact) mass is 2110 g/mol. The molecule has 3 amide bonds. The summed E-state index contributed by atoms with van der Waals surface area (Å²) in [7, 11) is 3.04. The molecule has 24 atom stereocenters. The lowest BCUT2D eigenvalue weighted by Crippen LogP contribution is -2.60. The molecule has 0 spiro atoms. The zero-order chi connectivity index (χ0) is 109. The second kappa shape index (κ2) is 82.7. The number of hydrogen-bond donors (Lipinski definition) is 18. The van der Waals surface area contributed by atoms with Crippen molar-refractivity contribution in [2.45, 2.75) is 487 Å². The zero-order valence-corrected chi connectivity index (χ0v) is 91.1. The number of aliphatic hydroxyl groups is 15. The van der Waals surface area contributed by atoms with E-state index in [0.717, 1.165) is 80.9 Å². The van der Waals surface area contributed by atoms with Crippen LogP contribution in [-0.4, -0.2) is 347 Å². The van der Waals surface area contributed by atoms with E-state index in [0.29, 0.717) is 37.5 Å². The van der Waals surface area contributed by atoms with Gasteiger partial charge in [-0.05, 0) is 81.4 Å². The molecule has 1 aromatic rings. The number of oxime groups is 1. The van der Waals surface area contributed by atoms with Crippen LogP contribution in [0.3, 0.4) is 0 Å². The van der Waals surface area contributed by atoms with Gasteiger partial charge in [0, 0.05) is 38.5 Å². The van der Waals surface area contributed by atoms with Crippen LogP contribution in [0.15, 0.2) is 17.3 Å². The number of carbonyl (C=O) groups is 6. The molecule has 3 aliphatic heterocycles. The fraction of sp³-hybridized carbons (Fsp3) is 0.879. The third kappa shape index (κ3) is 58.9. The molecule has 3 heterocycles. The topological polar surface area (TPSA) is 593 Å². The van der Waals surface area contributed by atoms with E-state index in [1.165, 1.54) is 187 Å². The number of aliphatic hydroxyl groups excluding tert-OH is 15. The molecule has 860 valence electrons. The lowest BCUT2D eigenvalue weighted by atomic mass is 9.78. The number of nitrogens with one attached hydrogen (secondary N) is 3. The van der Waals surface area contributed by atoms with Gasteiger partial charge in [0.05, 0.1) is 108 Å². The van der Waals surface area contributed by atoms with Crippen LogP contribution in [0.4, 0.5) is 9.59 Å². The molecule has 3 aliphatic rings. The molecule has 18 N–H and O–H groups in total. The van der Waals surface area contributed by atoms with Crippen molar-refractivity contribution < 1.29 is 177 Å². The first kappa shape index (κ1) is 137. The molecule has 0 aromatic heterocycles. The number of nitrogens with zero attached hydrogens (tertiary/aromatic N) is 1. The van der Waals surface area contributed by atoms with Crippen molar-refractivity contribution in [3.63, 3.8) is 0 Å². The first-order valence-electron chi connectivity index (χ1n) is 54.6. The average Bonchev–Trinajstić information content (AvgIpc) is 0.775. The maximum absolute atomic E-state index is 13.7. The van der Waals surface area contributed by atoms with Crippen LogP contribution in [0.1, 0.15) is 356 Å². The maximum Gasteiger partial charge on any atom is 0.410 e. The summed E-state index contributed by atoms with van der Waals surface area (Å²) in [6.45, 7) is 19.5. The van der Waals surface area contributed by atoms with Crippen molar-refractivity contribution in [1.82, 2.24) is 16.0 Å². The largest absolute Gasteiger partial charge is 0.428 e. The van der Waals surface area contributed by atoms with Gasteiger partial charge in [-0.3, -0.25) is 14.4 Å². The highest BCUT2D eigenvalue weighted by Gasteiger charge is 2.48. The standard InChI is InChI=1S/C40H69NO10.C35H66N2O13.C32H61NO13/c1-8-9-10-11-12-13-14-15-16-17-18-19-20-27(3)35(45)30(25-49-39-38(48)37(47)36(46)32(24-42)51-39)41-33(44)23-40(6,7)34-28(4)21-26(2)22-31(34)50-29(5)43;1-5-6-7-8-9-10-11-12-13-14-15-16-17-25(2)30(40)27(23-46-34-33(43)32(42)31(41)28(22-38)50-34)36-35(44)48-24-47-29(39)19-18-26(3)37-49-21-20-45-4;1-4-5-6-7-8-9-10-11-12-13-14-15-16-23(2)27(36)24(20-43-31-30(39)29(38)28(37)25(19-34)46-31)33-32(40)45-22-44-26(35)21-42-18-17-41-3/h21-22,27,30,32,35-39,42,45-48H,8-20,23-25H2,1-7H3,(H,41,44);25,27-28,30-34,38,40-43H,5-24H2,1-4H3,(H,36,44);23-25,27-31,34,36-39H,4-22H2,1-3H3,(H,33,40)/b;37-26+;/t27-,30+,32?,35-,36+,37+,38?,39+;25-,27+,28?,30-,31+,32+,33?,34+;23-,24+,25?,27-,28+,29+,30?,31+/m111/s1. The van der Waals surface area contributed by atoms with Crippen molar-refractivity contribution in [3.05, 3.63) is 28.8 Å². The number of ether oxygens (including phenoxy) is 14. The Labute approximate surface area is 874 Å². The maximum atomic E-state index is 13.7.